The van der Waals surface area contributed by atoms with Gasteiger partial charge in [-0.3, -0.25) is 0 Å². The van der Waals surface area contributed by atoms with Crippen molar-refractivity contribution in [3.05, 3.63) is 42.2 Å². The van der Waals surface area contributed by atoms with E-state index in [0.29, 0.717) is 11.5 Å². The van der Waals surface area contributed by atoms with Gasteiger partial charge in [0.25, 0.3) is 0 Å². The quantitative estimate of drug-likeness (QED) is 0.506. The number of nitrogens with two attached hydrogens (primary N) is 1. The molecule has 0 unspecified atom stereocenters. The molecule has 2 rings (SSSR count). The SMILES string of the molecule is NC(CCl)=Nc1ccc(-n2ccc(C(=O)O)n2)cc1. The third kappa shape index (κ3) is 3.11. The van der Waals surface area contributed by atoms with Crippen molar-refractivity contribution in [1.29, 1.82) is 0 Å². The van der Waals surface area contributed by atoms with E-state index in [4.69, 9.17) is 22.4 Å². The van der Waals surface area contributed by atoms with Gasteiger partial charge in [0.1, 0.15) is 5.84 Å². The van der Waals surface area contributed by atoms with Crippen LogP contribution in [0.3, 0.4) is 0 Å². The Labute approximate surface area is 114 Å². The summed E-state index contributed by atoms with van der Waals surface area (Å²) in [6.45, 7) is 0. The molecule has 1 heterocycles. The average molecular weight is 279 g/mol. The molecule has 0 aliphatic carbocycles. The maximum Gasteiger partial charge on any atom is 0.356 e. The first kappa shape index (κ1) is 13.1. The number of aromatic carboxylic acids is 1. The summed E-state index contributed by atoms with van der Waals surface area (Å²) < 4.78 is 1.47. The largest absolute Gasteiger partial charge is 0.476 e. The first-order valence-corrected chi connectivity index (χ1v) is 5.92. The molecule has 1 aromatic heterocycles. The lowest BCUT2D eigenvalue weighted by Gasteiger charge is -2.02. The molecule has 1 aromatic carbocycles. The van der Waals surface area contributed by atoms with Gasteiger partial charge in [-0.05, 0) is 30.3 Å². The highest BCUT2D eigenvalue weighted by Gasteiger charge is 2.07. The van der Waals surface area contributed by atoms with Crippen LogP contribution in [0.25, 0.3) is 5.69 Å². The number of benzene rings is 1. The van der Waals surface area contributed by atoms with Gasteiger partial charge in [0.05, 0.1) is 17.3 Å². The molecular formula is C12H11ClN4O2. The van der Waals surface area contributed by atoms with E-state index in [-0.39, 0.29) is 11.6 Å². The monoisotopic (exact) mass is 278 g/mol. The topological polar surface area (TPSA) is 93.5 Å². The van der Waals surface area contributed by atoms with Crippen molar-refractivity contribution < 1.29 is 9.90 Å². The third-order valence-electron chi connectivity index (χ3n) is 2.33. The number of rotatable bonds is 4. The van der Waals surface area contributed by atoms with E-state index >= 15 is 0 Å². The molecule has 0 radical (unpaired) electrons. The van der Waals surface area contributed by atoms with E-state index in [2.05, 4.69) is 10.1 Å². The molecular weight excluding hydrogens is 268 g/mol. The fraction of sp³-hybridized carbons (Fsp3) is 0.0833. The number of hydrogen-bond acceptors (Lipinski definition) is 3. The Hall–Kier alpha value is -2.34. The van der Waals surface area contributed by atoms with Crippen molar-refractivity contribution in [1.82, 2.24) is 9.78 Å². The number of nitrogens with zero attached hydrogens (tertiary/aromatic N) is 3. The maximum atomic E-state index is 10.7. The lowest BCUT2D eigenvalue weighted by Crippen LogP contribution is -2.12. The molecule has 0 atom stereocenters. The number of aliphatic imine (C=N–C) groups is 1. The summed E-state index contributed by atoms with van der Waals surface area (Å²) in [4.78, 5) is 14.8. The fourth-order valence-electron chi connectivity index (χ4n) is 1.46. The summed E-state index contributed by atoms with van der Waals surface area (Å²) >= 11 is 5.54. The van der Waals surface area contributed by atoms with Crippen molar-refractivity contribution in [2.75, 3.05) is 5.88 Å². The normalized spacial score (nSPS) is 11.5. The van der Waals surface area contributed by atoms with Gasteiger partial charge >= 0.3 is 5.97 Å². The summed E-state index contributed by atoms with van der Waals surface area (Å²) in [5, 5.41) is 12.7. The van der Waals surface area contributed by atoms with Crippen LogP contribution in [0, 0.1) is 0 Å². The average Bonchev–Trinajstić information content (AvgIpc) is 2.89. The lowest BCUT2D eigenvalue weighted by molar-refractivity contribution is 0.0690. The lowest BCUT2D eigenvalue weighted by atomic mass is 10.3. The number of carboxylic acid groups (broad SMARTS) is 1. The molecule has 3 N–H and O–H groups in total. The molecule has 0 fully saturated rings. The van der Waals surface area contributed by atoms with Gasteiger partial charge in [-0.25, -0.2) is 14.5 Å². The van der Waals surface area contributed by atoms with Crippen LogP contribution in [0.5, 0.6) is 0 Å². The maximum absolute atomic E-state index is 10.7. The predicted octanol–water partition coefficient (Wildman–Crippen LogP) is 1.80. The molecule has 2 aromatic rings. The van der Waals surface area contributed by atoms with E-state index in [9.17, 15) is 4.79 Å². The molecule has 0 saturated carbocycles. The highest BCUT2D eigenvalue weighted by atomic mass is 35.5. The number of aromatic nitrogens is 2. The van der Waals surface area contributed by atoms with Crippen molar-refractivity contribution in [3.8, 4) is 5.69 Å². The van der Waals surface area contributed by atoms with Gasteiger partial charge in [-0.2, -0.15) is 5.10 Å². The highest BCUT2D eigenvalue weighted by Crippen LogP contribution is 2.15. The van der Waals surface area contributed by atoms with Crippen molar-refractivity contribution in [2.24, 2.45) is 10.7 Å². The second-order valence-electron chi connectivity index (χ2n) is 3.70. The van der Waals surface area contributed by atoms with Crippen LogP contribution in [0.2, 0.25) is 0 Å². The zero-order valence-corrected chi connectivity index (χ0v) is 10.6. The Balaban J connectivity index is 2.24. The highest BCUT2D eigenvalue weighted by molar-refractivity contribution is 6.28. The minimum absolute atomic E-state index is 0.00604. The van der Waals surface area contributed by atoms with Gasteiger partial charge in [-0.15, -0.1) is 11.6 Å². The van der Waals surface area contributed by atoms with Crippen LogP contribution in [0.4, 0.5) is 5.69 Å². The van der Waals surface area contributed by atoms with Crippen LogP contribution >= 0.6 is 11.6 Å². The standard InChI is InChI=1S/C12H11ClN4O2/c13-7-11(14)15-8-1-3-9(4-2-8)17-6-5-10(16-17)12(18)19/h1-6H,7H2,(H2,14,15)(H,18,19). The zero-order chi connectivity index (χ0) is 13.8. The van der Waals surface area contributed by atoms with Gasteiger partial charge in [0.2, 0.25) is 0 Å². The van der Waals surface area contributed by atoms with E-state index in [1.54, 1.807) is 30.5 Å². The number of halogens is 1. The van der Waals surface area contributed by atoms with Crippen molar-refractivity contribution in [2.45, 2.75) is 0 Å². The van der Waals surface area contributed by atoms with Gasteiger partial charge < -0.3 is 10.8 Å². The Kier molecular flexibility index (Phi) is 3.82. The molecule has 0 saturated heterocycles. The Morgan fingerprint density at radius 2 is 2.05 bits per heavy atom. The summed E-state index contributed by atoms with van der Waals surface area (Å²) in [6.07, 6.45) is 1.58. The Morgan fingerprint density at radius 1 is 1.37 bits per heavy atom. The van der Waals surface area contributed by atoms with Crippen LogP contribution in [0.15, 0.2) is 41.5 Å². The molecule has 6 nitrogen and oxygen atoms in total. The summed E-state index contributed by atoms with van der Waals surface area (Å²) in [5.74, 6) is -0.556. The summed E-state index contributed by atoms with van der Waals surface area (Å²) in [5.41, 5.74) is 6.93. The number of hydrogen-bond donors (Lipinski definition) is 2. The summed E-state index contributed by atoms with van der Waals surface area (Å²) in [7, 11) is 0. The Morgan fingerprint density at radius 3 is 2.58 bits per heavy atom. The van der Waals surface area contributed by atoms with E-state index < -0.39 is 5.97 Å². The number of carbonyl (C=O) groups is 1. The van der Waals surface area contributed by atoms with Crippen LogP contribution in [-0.2, 0) is 0 Å². The van der Waals surface area contributed by atoms with Crippen molar-refractivity contribution >= 4 is 29.1 Å². The fourth-order valence-corrected chi connectivity index (χ4v) is 1.52. The van der Waals surface area contributed by atoms with Crippen LogP contribution in [0.1, 0.15) is 10.5 Å². The predicted molar refractivity (Wildman–Crippen MR) is 72.5 cm³/mol. The number of amidine groups is 1. The first-order valence-electron chi connectivity index (χ1n) is 5.38. The minimum Gasteiger partial charge on any atom is -0.476 e. The minimum atomic E-state index is -1.06. The zero-order valence-electron chi connectivity index (χ0n) is 9.82. The molecule has 7 heteroatoms. The van der Waals surface area contributed by atoms with Gasteiger partial charge in [0, 0.05) is 6.20 Å². The van der Waals surface area contributed by atoms with Crippen LogP contribution < -0.4 is 5.73 Å². The first-order chi connectivity index (χ1) is 9.10. The molecule has 0 bridgehead atoms. The molecule has 0 aliphatic rings. The molecule has 98 valence electrons. The number of carboxylic acids is 1. The second-order valence-corrected chi connectivity index (χ2v) is 3.97. The molecule has 0 aliphatic heterocycles. The van der Waals surface area contributed by atoms with E-state index in [1.165, 1.54) is 10.7 Å². The number of alkyl halides is 1. The van der Waals surface area contributed by atoms with Crippen LogP contribution in [-0.4, -0.2) is 32.6 Å². The van der Waals surface area contributed by atoms with E-state index in [1.807, 2.05) is 0 Å². The summed E-state index contributed by atoms with van der Waals surface area (Å²) in [6, 6.07) is 8.45. The molecule has 19 heavy (non-hydrogen) atoms. The van der Waals surface area contributed by atoms with Gasteiger partial charge in [-0.1, -0.05) is 0 Å². The third-order valence-corrected chi connectivity index (χ3v) is 2.61. The molecule has 0 amide bonds. The second kappa shape index (κ2) is 5.53. The Bertz CT molecular complexity index is 619. The smallest absolute Gasteiger partial charge is 0.356 e. The van der Waals surface area contributed by atoms with Gasteiger partial charge in [0.15, 0.2) is 5.69 Å². The molecule has 0 spiro atoms. The van der Waals surface area contributed by atoms with E-state index in [0.717, 1.165) is 5.69 Å². The van der Waals surface area contributed by atoms with Crippen molar-refractivity contribution in [3.63, 3.8) is 0 Å².